The Morgan fingerprint density at radius 2 is 1.86 bits per heavy atom. The zero-order chi connectivity index (χ0) is 15.3. The Balaban J connectivity index is 2.04. The fourth-order valence-electron chi connectivity index (χ4n) is 3.01. The van der Waals surface area contributed by atoms with Gasteiger partial charge in [-0.2, -0.15) is 0 Å². The third-order valence-electron chi connectivity index (χ3n) is 4.39. The summed E-state index contributed by atoms with van der Waals surface area (Å²) in [4.78, 5) is 3.87. The molecule has 1 aromatic heterocycles. The minimum atomic E-state index is 0.167. The van der Waals surface area contributed by atoms with Crippen molar-refractivity contribution in [3.8, 4) is 0 Å². The van der Waals surface area contributed by atoms with Crippen LogP contribution in [0.5, 0.6) is 0 Å². The molecule has 1 unspecified atom stereocenters. The van der Waals surface area contributed by atoms with Gasteiger partial charge in [-0.15, -0.1) is 11.3 Å². The summed E-state index contributed by atoms with van der Waals surface area (Å²) >= 11 is 7.82. The van der Waals surface area contributed by atoms with Crippen LogP contribution in [0.2, 0.25) is 5.02 Å². The van der Waals surface area contributed by atoms with Gasteiger partial charge in [0.1, 0.15) is 0 Å². The average Bonchev–Trinajstić information content (AvgIpc) is 3.00. The lowest BCUT2D eigenvalue weighted by atomic mass is 9.86. The molecule has 0 spiro atoms. The van der Waals surface area contributed by atoms with Crippen LogP contribution in [0.25, 0.3) is 0 Å². The van der Waals surface area contributed by atoms with Crippen molar-refractivity contribution in [1.29, 1.82) is 0 Å². The summed E-state index contributed by atoms with van der Waals surface area (Å²) in [5, 5.41) is 3.00. The van der Waals surface area contributed by atoms with Gasteiger partial charge in [-0.25, -0.2) is 0 Å². The van der Waals surface area contributed by atoms with Gasteiger partial charge in [0.15, 0.2) is 0 Å². The van der Waals surface area contributed by atoms with E-state index in [2.05, 4.69) is 55.6 Å². The Morgan fingerprint density at radius 1 is 1.14 bits per heavy atom. The fraction of sp³-hybridized carbons (Fsp3) is 0.444. The third kappa shape index (κ3) is 3.88. The van der Waals surface area contributed by atoms with E-state index in [4.69, 9.17) is 11.6 Å². The van der Waals surface area contributed by atoms with E-state index in [-0.39, 0.29) is 5.54 Å². The highest BCUT2D eigenvalue weighted by Crippen LogP contribution is 2.38. The van der Waals surface area contributed by atoms with E-state index in [1.54, 1.807) is 0 Å². The third-order valence-corrected chi connectivity index (χ3v) is 5.71. The van der Waals surface area contributed by atoms with Gasteiger partial charge >= 0.3 is 0 Å². The van der Waals surface area contributed by atoms with Crippen LogP contribution in [-0.2, 0) is 12.0 Å². The molecule has 0 bridgehead atoms. The lowest BCUT2D eigenvalue weighted by Gasteiger charge is -2.39. The van der Waals surface area contributed by atoms with Crippen molar-refractivity contribution in [2.75, 3.05) is 14.1 Å². The molecule has 0 aliphatic heterocycles. The van der Waals surface area contributed by atoms with Gasteiger partial charge in [-0.05, 0) is 68.9 Å². The lowest BCUT2D eigenvalue weighted by molar-refractivity contribution is 0.133. The first-order valence-corrected chi connectivity index (χ1v) is 8.80. The maximum atomic E-state index is 5.94. The molecule has 0 N–H and O–H groups in total. The van der Waals surface area contributed by atoms with Gasteiger partial charge in [0, 0.05) is 9.90 Å². The van der Waals surface area contributed by atoms with E-state index in [1.165, 1.54) is 23.3 Å². The molecule has 3 heteroatoms. The van der Waals surface area contributed by atoms with Gasteiger partial charge < -0.3 is 0 Å². The van der Waals surface area contributed by atoms with E-state index in [0.717, 1.165) is 17.9 Å². The first-order valence-electron chi connectivity index (χ1n) is 7.54. The van der Waals surface area contributed by atoms with Crippen LogP contribution in [-0.4, -0.2) is 19.0 Å². The predicted octanol–water partition coefficient (Wildman–Crippen LogP) is 5.59. The van der Waals surface area contributed by atoms with Crippen LogP contribution in [0, 0.1) is 0 Å². The van der Waals surface area contributed by atoms with Gasteiger partial charge in [0.05, 0.1) is 5.54 Å². The average molecular weight is 322 g/mol. The van der Waals surface area contributed by atoms with Gasteiger partial charge in [-0.3, -0.25) is 4.90 Å². The first kappa shape index (κ1) is 16.5. The molecule has 1 nitrogen and oxygen atoms in total. The molecular weight excluding hydrogens is 298 g/mol. The van der Waals surface area contributed by atoms with E-state index < -0.39 is 0 Å². The molecule has 2 aromatic rings. The molecule has 0 aliphatic rings. The van der Waals surface area contributed by atoms with Crippen LogP contribution in [0.4, 0.5) is 0 Å². The molecule has 21 heavy (non-hydrogen) atoms. The Labute approximate surface area is 137 Å². The van der Waals surface area contributed by atoms with Gasteiger partial charge in [0.25, 0.3) is 0 Å². The van der Waals surface area contributed by atoms with Crippen LogP contribution in [0.1, 0.15) is 36.6 Å². The number of nitrogens with zero attached hydrogens (tertiary/aromatic N) is 1. The number of thiophene rings is 1. The van der Waals surface area contributed by atoms with E-state index in [0.29, 0.717) is 0 Å². The van der Waals surface area contributed by atoms with Crippen molar-refractivity contribution in [2.45, 2.75) is 38.1 Å². The standard InChI is InChI=1S/C18H24ClNS/c1-4-18(20(2)3,17-8-6-14-21-17)13-5-7-15-9-11-16(19)12-10-15/h6,8-12,14H,4-5,7,13H2,1-3H3. The highest BCUT2D eigenvalue weighted by Gasteiger charge is 2.33. The van der Waals surface area contributed by atoms with Crippen LogP contribution < -0.4 is 0 Å². The molecule has 0 amide bonds. The minimum absolute atomic E-state index is 0.167. The molecule has 114 valence electrons. The number of benzene rings is 1. The molecular formula is C18H24ClNS. The molecule has 0 saturated carbocycles. The summed E-state index contributed by atoms with van der Waals surface area (Å²) in [6, 6.07) is 12.7. The van der Waals surface area contributed by atoms with Gasteiger partial charge in [0.2, 0.25) is 0 Å². The minimum Gasteiger partial charge on any atom is -0.299 e. The topological polar surface area (TPSA) is 3.24 Å². The normalized spacial score (nSPS) is 14.3. The maximum Gasteiger partial charge on any atom is 0.0546 e. The second-order valence-corrected chi connectivity index (χ2v) is 7.12. The Bertz CT molecular complexity index is 533. The summed E-state index contributed by atoms with van der Waals surface area (Å²) in [5.41, 5.74) is 1.54. The van der Waals surface area contributed by atoms with Crippen molar-refractivity contribution in [2.24, 2.45) is 0 Å². The predicted molar refractivity (Wildman–Crippen MR) is 94.4 cm³/mol. The smallest absolute Gasteiger partial charge is 0.0546 e. The van der Waals surface area contributed by atoms with Crippen molar-refractivity contribution >= 4 is 22.9 Å². The second-order valence-electron chi connectivity index (χ2n) is 5.74. The number of halogens is 1. The molecule has 0 radical (unpaired) electrons. The van der Waals surface area contributed by atoms with E-state index in [9.17, 15) is 0 Å². The Morgan fingerprint density at radius 3 is 2.38 bits per heavy atom. The SMILES string of the molecule is CCC(CCCc1ccc(Cl)cc1)(c1cccs1)N(C)C. The zero-order valence-corrected chi connectivity index (χ0v) is 14.7. The number of aryl methyl sites for hydroxylation is 1. The highest BCUT2D eigenvalue weighted by molar-refractivity contribution is 7.10. The summed E-state index contributed by atoms with van der Waals surface area (Å²) < 4.78 is 0. The summed E-state index contributed by atoms with van der Waals surface area (Å²) in [6.45, 7) is 2.29. The molecule has 2 rings (SSSR count). The number of rotatable bonds is 7. The van der Waals surface area contributed by atoms with Crippen molar-refractivity contribution < 1.29 is 0 Å². The molecule has 1 heterocycles. The molecule has 0 fully saturated rings. The Kier molecular flexibility index (Phi) is 5.86. The monoisotopic (exact) mass is 321 g/mol. The second kappa shape index (κ2) is 7.44. The van der Waals surface area contributed by atoms with Crippen molar-refractivity contribution in [1.82, 2.24) is 4.90 Å². The molecule has 0 saturated heterocycles. The summed E-state index contributed by atoms with van der Waals surface area (Å²) in [7, 11) is 4.40. The Hall–Kier alpha value is -0.830. The van der Waals surface area contributed by atoms with Crippen molar-refractivity contribution in [3.63, 3.8) is 0 Å². The first-order chi connectivity index (χ1) is 10.1. The highest BCUT2D eigenvalue weighted by atomic mass is 35.5. The number of hydrogen-bond acceptors (Lipinski definition) is 2. The van der Waals surface area contributed by atoms with E-state index in [1.807, 2.05) is 23.5 Å². The molecule has 0 aliphatic carbocycles. The summed E-state index contributed by atoms with van der Waals surface area (Å²) in [6.07, 6.45) is 4.62. The number of hydrogen-bond donors (Lipinski definition) is 0. The molecule has 1 atom stereocenters. The van der Waals surface area contributed by atoms with Crippen LogP contribution in [0.15, 0.2) is 41.8 Å². The van der Waals surface area contributed by atoms with Gasteiger partial charge in [-0.1, -0.05) is 36.7 Å². The van der Waals surface area contributed by atoms with Crippen LogP contribution >= 0.6 is 22.9 Å². The fourth-order valence-corrected chi connectivity index (χ4v) is 4.25. The van der Waals surface area contributed by atoms with Crippen LogP contribution in [0.3, 0.4) is 0 Å². The maximum absolute atomic E-state index is 5.94. The van der Waals surface area contributed by atoms with E-state index >= 15 is 0 Å². The van der Waals surface area contributed by atoms with Crippen molar-refractivity contribution in [3.05, 3.63) is 57.2 Å². The quantitative estimate of drug-likeness (QED) is 0.642. The largest absolute Gasteiger partial charge is 0.299 e. The zero-order valence-electron chi connectivity index (χ0n) is 13.1. The lowest BCUT2D eigenvalue weighted by Crippen LogP contribution is -2.40. The summed E-state index contributed by atoms with van der Waals surface area (Å²) in [5.74, 6) is 0. The molecule has 1 aromatic carbocycles.